The molecule has 24 heavy (non-hydrogen) atoms. The van der Waals surface area contributed by atoms with Gasteiger partial charge in [-0.15, -0.1) is 24.8 Å². The van der Waals surface area contributed by atoms with Crippen LogP contribution in [-0.2, 0) is 4.79 Å². The average molecular weight is 374 g/mol. The fraction of sp³-hybridized carbons (Fsp3) is 0.611. The molecule has 2 N–H and O–H groups in total. The highest BCUT2D eigenvalue weighted by Gasteiger charge is 2.29. The van der Waals surface area contributed by atoms with Crippen molar-refractivity contribution in [1.82, 2.24) is 9.80 Å². The van der Waals surface area contributed by atoms with Gasteiger partial charge >= 0.3 is 0 Å². The van der Waals surface area contributed by atoms with Crippen LogP contribution in [0, 0.1) is 6.92 Å². The first-order valence-electron chi connectivity index (χ1n) is 8.50. The van der Waals surface area contributed by atoms with Crippen molar-refractivity contribution < 1.29 is 4.79 Å². The fourth-order valence-corrected chi connectivity index (χ4v) is 3.69. The van der Waals surface area contributed by atoms with E-state index >= 15 is 0 Å². The second-order valence-corrected chi connectivity index (χ2v) is 6.69. The Hall–Kier alpha value is -0.810. The summed E-state index contributed by atoms with van der Waals surface area (Å²) in [5.74, 6) is 0.0647. The van der Waals surface area contributed by atoms with E-state index in [1.54, 1.807) is 0 Å². The van der Waals surface area contributed by atoms with Crippen LogP contribution in [0.1, 0.15) is 42.9 Å². The summed E-state index contributed by atoms with van der Waals surface area (Å²) >= 11 is 0. The SMILES string of the molecule is Cc1ccc(C(N)C(=O)N2CCN(C3CCCC3)CC2)cc1.Cl.Cl. The summed E-state index contributed by atoms with van der Waals surface area (Å²) in [5.41, 5.74) is 8.27. The molecule has 1 amide bonds. The number of aryl methyl sites for hydroxylation is 1. The lowest BCUT2D eigenvalue weighted by molar-refractivity contribution is -0.134. The Morgan fingerprint density at radius 2 is 1.58 bits per heavy atom. The first-order valence-corrected chi connectivity index (χ1v) is 8.50. The molecule has 6 heteroatoms. The summed E-state index contributed by atoms with van der Waals surface area (Å²) < 4.78 is 0. The predicted octanol–water partition coefficient (Wildman–Crippen LogP) is 2.93. The number of benzene rings is 1. The third kappa shape index (κ3) is 4.85. The molecule has 2 aliphatic rings. The smallest absolute Gasteiger partial charge is 0.244 e. The van der Waals surface area contributed by atoms with Gasteiger partial charge in [-0.05, 0) is 25.3 Å². The van der Waals surface area contributed by atoms with E-state index in [1.165, 1.54) is 31.2 Å². The van der Waals surface area contributed by atoms with Crippen LogP contribution in [0.4, 0.5) is 0 Å². The second kappa shape index (κ2) is 9.62. The molecule has 1 aliphatic carbocycles. The monoisotopic (exact) mass is 373 g/mol. The van der Waals surface area contributed by atoms with Crippen LogP contribution in [-0.4, -0.2) is 47.9 Å². The number of halogens is 2. The van der Waals surface area contributed by atoms with E-state index in [1.807, 2.05) is 36.1 Å². The molecule has 2 fully saturated rings. The lowest BCUT2D eigenvalue weighted by atomic mass is 10.0. The zero-order chi connectivity index (χ0) is 15.5. The van der Waals surface area contributed by atoms with Gasteiger partial charge in [-0.25, -0.2) is 0 Å². The molecule has 1 atom stereocenters. The molecule has 0 bridgehead atoms. The Morgan fingerprint density at radius 1 is 1.04 bits per heavy atom. The van der Waals surface area contributed by atoms with Crippen LogP contribution in [0.3, 0.4) is 0 Å². The molecule has 136 valence electrons. The van der Waals surface area contributed by atoms with Crippen molar-refractivity contribution in [3.63, 3.8) is 0 Å². The average Bonchev–Trinajstić information content (AvgIpc) is 3.09. The number of piperazine rings is 1. The van der Waals surface area contributed by atoms with Crippen molar-refractivity contribution >= 4 is 30.7 Å². The van der Waals surface area contributed by atoms with Crippen molar-refractivity contribution in [3.8, 4) is 0 Å². The Labute approximate surface area is 157 Å². The molecule has 1 aliphatic heterocycles. The molecular formula is C18H29Cl2N3O. The van der Waals surface area contributed by atoms with Crippen molar-refractivity contribution in [1.29, 1.82) is 0 Å². The van der Waals surface area contributed by atoms with Gasteiger partial charge in [0.2, 0.25) is 5.91 Å². The Kier molecular flexibility index (Phi) is 8.51. The van der Waals surface area contributed by atoms with Crippen LogP contribution in [0.25, 0.3) is 0 Å². The van der Waals surface area contributed by atoms with Crippen LogP contribution in [0.2, 0.25) is 0 Å². The Morgan fingerprint density at radius 3 is 2.12 bits per heavy atom. The van der Waals surface area contributed by atoms with Gasteiger partial charge in [0.1, 0.15) is 6.04 Å². The van der Waals surface area contributed by atoms with Crippen molar-refractivity contribution in [2.75, 3.05) is 26.2 Å². The van der Waals surface area contributed by atoms with Gasteiger partial charge in [-0.1, -0.05) is 42.7 Å². The molecule has 0 aromatic heterocycles. The molecule has 1 unspecified atom stereocenters. The number of amides is 1. The third-order valence-electron chi connectivity index (χ3n) is 5.17. The summed E-state index contributed by atoms with van der Waals surface area (Å²) in [4.78, 5) is 17.1. The lowest BCUT2D eigenvalue weighted by Gasteiger charge is -2.38. The predicted molar refractivity (Wildman–Crippen MR) is 103 cm³/mol. The van der Waals surface area contributed by atoms with E-state index < -0.39 is 6.04 Å². The van der Waals surface area contributed by atoms with Crippen molar-refractivity contribution in [2.45, 2.75) is 44.7 Å². The van der Waals surface area contributed by atoms with Gasteiger partial charge in [0.15, 0.2) is 0 Å². The highest BCUT2D eigenvalue weighted by Crippen LogP contribution is 2.25. The highest BCUT2D eigenvalue weighted by atomic mass is 35.5. The molecule has 1 saturated carbocycles. The van der Waals surface area contributed by atoms with Crippen LogP contribution >= 0.6 is 24.8 Å². The summed E-state index contributed by atoms with van der Waals surface area (Å²) in [6.07, 6.45) is 5.39. The number of hydrogen-bond acceptors (Lipinski definition) is 3. The normalized spacial score (nSPS) is 20.2. The number of rotatable bonds is 3. The molecule has 1 saturated heterocycles. The molecule has 3 rings (SSSR count). The Balaban J connectivity index is 0.00000144. The fourth-order valence-electron chi connectivity index (χ4n) is 3.69. The third-order valence-corrected chi connectivity index (χ3v) is 5.17. The standard InChI is InChI=1S/C18H27N3O.2ClH/c1-14-6-8-15(9-7-14)17(19)18(22)21-12-10-20(11-13-21)16-4-2-3-5-16;;/h6-9,16-17H,2-5,10-13,19H2,1H3;2*1H. The highest BCUT2D eigenvalue weighted by molar-refractivity contribution is 5.85. The molecule has 0 spiro atoms. The van der Waals surface area contributed by atoms with E-state index in [0.717, 1.165) is 37.8 Å². The van der Waals surface area contributed by atoms with Crippen LogP contribution < -0.4 is 5.73 Å². The van der Waals surface area contributed by atoms with Crippen LogP contribution in [0.5, 0.6) is 0 Å². The Bertz CT molecular complexity index is 510. The maximum absolute atomic E-state index is 12.6. The summed E-state index contributed by atoms with van der Waals surface area (Å²) in [7, 11) is 0. The van der Waals surface area contributed by atoms with E-state index in [-0.39, 0.29) is 30.7 Å². The van der Waals surface area contributed by atoms with E-state index in [2.05, 4.69) is 4.90 Å². The number of nitrogens with zero attached hydrogens (tertiary/aromatic N) is 2. The summed E-state index contributed by atoms with van der Waals surface area (Å²) in [6, 6.07) is 8.18. The van der Waals surface area contributed by atoms with Crippen LogP contribution in [0.15, 0.2) is 24.3 Å². The van der Waals surface area contributed by atoms with E-state index in [9.17, 15) is 4.79 Å². The van der Waals surface area contributed by atoms with Gasteiger partial charge in [0.25, 0.3) is 0 Å². The number of carbonyl (C=O) groups is 1. The molecule has 1 aromatic rings. The molecule has 1 heterocycles. The topological polar surface area (TPSA) is 49.6 Å². The molecule has 4 nitrogen and oxygen atoms in total. The maximum atomic E-state index is 12.6. The van der Waals surface area contributed by atoms with E-state index in [4.69, 9.17) is 5.73 Å². The number of hydrogen-bond donors (Lipinski definition) is 1. The van der Waals surface area contributed by atoms with Gasteiger partial charge < -0.3 is 10.6 Å². The first kappa shape index (κ1) is 21.2. The minimum absolute atomic E-state index is 0. The maximum Gasteiger partial charge on any atom is 0.244 e. The minimum atomic E-state index is -0.529. The zero-order valence-corrected chi connectivity index (χ0v) is 16.0. The largest absolute Gasteiger partial charge is 0.338 e. The quantitative estimate of drug-likeness (QED) is 0.885. The first-order chi connectivity index (χ1) is 10.6. The number of carbonyl (C=O) groups excluding carboxylic acids is 1. The van der Waals surface area contributed by atoms with Gasteiger partial charge in [0.05, 0.1) is 0 Å². The number of nitrogens with two attached hydrogens (primary N) is 1. The van der Waals surface area contributed by atoms with E-state index in [0.29, 0.717) is 0 Å². The van der Waals surface area contributed by atoms with Gasteiger partial charge in [-0.3, -0.25) is 9.69 Å². The van der Waals surface area contributed by atoms with Crippen molar-refractivity contribution in [2.24, 2.45) is 5.73 Å². The summed E-state index contributed by atoms with van der Waals surface area (Å²) in [5, 5.41) is 0. The molecule has 1 aromatic carbocycles. The minimum Gasteiger partial charge on any atom is -0.338 e. The summed E-state index contributed by atoms with van der Waals surface area (Å²) in [6.45, 7) is 5.66. The lowest BCUT2D eigenvalue weighted by Crippen LogP contribution is -2.53. The molecule has 0 radical (unpaired) electrons. The van der Waals surface area contributed by atoms with Gasteiger partial charge in [-0.2, -0.15) is 0 Å². The van der Waals surface area contributed by atoms with Crippen molar-refractivity contribution in [3.05, 3.63) is 35.4 Å². The zero-order valence-electron chi connectivity index (χ0n) is 14.3. The van der Waals surface area contributed by atoms with Gasteiger partial charge in [0, 0.05) is 32.2 Å². The second-order valence-electron chi connectivity index (χ2n) is 6.69. The molecular weight excluding hydrogens is 345 g/mol.